The predicted molar refractivity (Wildman–Crippen MR) is 129 cm³/mol. The van der Waals surface area contributed by atoms with E-state index in [2.05, 4.69) is 10.2 Å². The topological polar surface area (TPSA) is 52.7 Å². The molecule has 33 heavy (non-hydrogen) atoms. The van der Waals surface area contributed by atoms with Gasteiger partial charge < -0.3 is 10.2 Å². The summed E-state index contributed by atoms with van der Waals surface area (Å²) in [4.78, 5) is 30.2. The highest BCUT2D eigenvalue weighted by atomic mass is 35.5. The molecule has 176 valence electrons. The largest absolute Gasteiger partial charge is 0.336 e. The van der Waals surface area contributed by atoms with Gasteiger partial charge in [0.05, 0.1) is 16.1 Å². The Hall–Kier alpha value is -2.15. The number of piperazine rings is 1. The lowest BCUT2D eigenvalue weighted by Crippen LogP contribution is -2.56. The van der Waals surface area contributed by atoms with Crippen molar-refractivity contribution in [3.63, 3.8) is 0 Å². The minimum atomic E-state index is -0.334. The molecule has 2 aromatic carbocycles. The molecule has 1 aliphatic heterocycles. The lowest BCUT2D eigenvalue weighted by Gasteiger charge is -2.40. The standard InChI is InChI=1S/C25H28Cl2FN3O2/c1-16-6-8-19(15-22(16)28)29-24(32)23(17-4-2-3-5-17)30-10-12-31(13-11-30)25(33)18-7-9-20(26)21(27)14-18/h6-9,14-15,17,23H,2-5,10-13H2,1H3,(H,29,32)/t23-/m0/s1. The summed E-state index contributed by atoms with van der Waals surface area (Å²) < 4.78 is 14.0. The monoisotopic (exact) mass is 491 g/mol. The van der Waals surface area contributed by atoms with Gasteiger partial charge in [-0.1, -0.05) is 42.1 Å². The van der Waals surface area contributed by atoms with Crippen molar-refractivity contribution in [3.8, 4) is 0 Å². The molecule has 1 saturated heterocycles. The van der Waals surface area contributed by atoms with Crippen LogP contribution in [0.15, 0.2) is 36.4 Å². The number of benzene rings is 2. The van der Waals surface area contributed by atoms with Crippen LogP contribution < -0.4 is 5.32 Å². The zero-order valence-electron chi connectivity index (χ0n) is 18.6. The summed E-state index contributed by atoms with van der Waals surface area (Å²) in [6.07, 6.45) is 4.23. The number of nitrogens with zero attached hydrogens (tertiary/aromatic N) is 2. The Morgan fingerprint density at radius 3 is 2.33 bits per heavy atom. The maximum Gasteiger partial charge on any atom is 0.253 e. The van der Waals surface area contributed by atoms with Crippen LogP contribution in [0.2, 0.25) is 10.0 Å². The van der Waals surface area contributed by atoms with Crippen molar-refractivity contribution >= 4 is 40.7 Å². The summed E-state index contributed by atoms with van der Waals surface area (Å²) in [5.41, 5.74) is 1.52. The van der Waals surface area contributed by atoms with Crippen LogP contribution in [0.4, 0.5) is 10.1 Å². The van der Waals surface area contributed by atoms with Gasteiger partial charge in [-0.15, -0.1) is 0 Å². The number of nitrogens with one attached hydrogen (secondary N) is 1. The van der Waals surface area contributed by atoms with Crippen LogP contribution in [-0.4, -0.2) is 53.8 Å². The average Bonchev–Trinajstić information content (AvgIpc) is 3.32. The highest BCUT2D eigenvalue weighted by Crippen LogP contribution is 2.32. The number of hydrogen-bond acceptors (Lipinski definition) is 3. The molecule has 0 unspecified atom stereocenters. The van der Waals surface area contributed by atoms with Crippen molar-refractivity contribution in [2.45, 2.75) is 38.6 Å². The van der Waals surface area contributed by atoms with Gasteiger partial charge in [-0.3, -0.25) is 14.5 Å². The highest BCUT2D eigenvalue weighted by Gasteiger charge is 2.37. The summed E-state index contributed by atoms with van der Waals surface area (Å²) in [6, 6.07) is 9.37. The summed E-state index contributed by atoms with van der Waals surface area (Å²) in [7, 11) is 0. The third kappa shape index (κ3) is 5.51. The molecule has 4 rings (SSSR count). The Labute approximate surface area is 203 Å². The third-order valence-corrected chi connectivity index (χ3v) is 7.45. The highest BCUT2D eigenvalue weighted by molar-refractivity contribution is 6.42. The van der Waals surface area contributed by atoms with Gasteiger partial charge in [0.2, 0.25) is 5.91 Å². The van der Waals surface area contributed by atoms with Crippen molar-refractivity contribution in [2.24, 2.45) is 5.92 Å². The average molecular weight is 492 g/mol. The van der Waals surface area contributed by atoms with E-state index in [-0.39, 0.29) is 29.6 Å². The van der Waals surface area contributed by atoms with Crippen LogP contribution in [0.5, 0.6) is 0 Å². The second-order valence-corrected chi connectivity index (χ2v) is 9.71. The van der Waals surface area contributed by atoms with Crippen LogP contribution in [0.3, 0.4) is 0 Å². The Bertz CT molecular complexity index is 1030. The molecule has 5 nitrogen and oxygen atoms in total. The van der Waals surface area contributed by atoms with Crippen molar-refractivity contribution in [1.29, 1.82) is 0 Å². The normalized spacial score (nSPS) is 18.4. The Morgan fingerprint density at radius 2 is 1.70 bits per heavy atom. The fourth-order valence-corrected chi connectivity index (χ4v) is 5.15. The van der Waals surface area contributed by atoms with E-state index in [9.17, 15) is 14.0 Å². The summed E-state index contributed by atoms with van der Waals surface area (Å²) in [5.74, 6) is -0.267. The minimum absolute atomic E-state index is 0.0924. The molecule has 2 amide bonds. The van der Waals surface area contributed by atoms with Crippen LogP contribution in [-0.2, 0) is 4.79 Å². The van der Waals surface area contributed by atoms with E-state index in [0.29, 0.717) is 53.0 Å². The SMILES string of the molecule is Cc1ccc(NC(=O)[C@H](C2CCCC2)N2CCN(C(=O)c3ccc(Cl)c(Cl)c3)CC2)cc1F. The Balaban J connectivity index is 1.44. The van der Waals surface area contributed by atoms with E-state index in [1.807, 2.05) is 0 Å². The second-order valence-electron chi connectivity index (χ2n) is 8.90. The van der Waals surface area contributed by atoms with Gasteiger partial charge in [-0.2, -0.15) is 0 Å². The van der Waals surface area contributed by atoms with E-state index >= 15 is 0 Å². The number of aryl methyl sites for hydroxylation is 1. The van der Waals surface area contributed by atoms with Crippen molar-refractivity contribution in [2.75, 3.05) is 31.5 Å². The summed E-state index contributed by atoms with van der Waals surface area (Å²) in [6.45, 7) is 3.94. The van der Waals surface area contributed by atoms with Crippen molar-refractivity contribution < 1.29 is 14.0 Å². The van der Waals surface area contributed by atoms with Crippen molar-refractivity contribution in [1.82, 2.24) is 9.80 Å². The molecule has 0 radical (unpaired) electrons. The van der Waals surface area contributed by atoms with Gasteiger partial charge >= 0.3 is 0 Å². The second kappa shape index (κ2) is 10.4. The van der Waals surface area contributed by atoms with Gasteiger partial charge in [0.25, 0.3) is 5.91 Å². The molecule has 0 bridgehead atoms. The number of carbonyl (C=O) groups excluding carboxylic acids is 2. The van der Waals surface area contributed by atoms with E-state index in [1.165, 1.54) is 6.07 Å². The maximum absolute atomic E-state index is 14.0. The molecule has 1 atom stereocenters. The number of amides is 2. The number of hydrogen-bond donors (Lipinski definition) is 1. The predicted octanol–water partition coefficient (Wildman–Crippen LogP) is 5.40. The Morgan fingerprint density at radius 1 is 1.00 bits per heavy atom. The zero-order valence-corrected chi connectivity index (χ0v) is 20.1. The van der Waals surface area contributed by atoms with E-state index < -0.39 is 0 Å². The van der Waals surface area contributed by atoms with Gasteiger partial charge in [0.15, 0.2) is 0 Å². The maximum atomic E-state index is 14.0. The van der Waals surface area contributed by atoms with Gasteiger partial charge in [0, 0.05) is 37.4 Å². The molecule has 1 aliphatic carbocycles. The zero-order chi connectivity index (χ0) is 23.5. The van der Waals surface area contributed by atoms with Crippen LogP contribution in [0, 0.1) is 18.7 Å². The first-order chi connectivity index (χ1) is 15.8. The lowest BCUT2D eigenvalue weighted by atomic mass is 9.94. The first-order valence-corrected chi connectivity index (χ1v) is 12.1. The van der Waals surface area contributed by atoms with E-state index in [0.717, 1.165) is 25.7 Å². The molecular weight excluding hydrogens is 464 g/mol. The molecule has 0 aromatic heterocycles. The number of anilines is 1. The molecule has 1 N–H and O–H groups in total. The Kier molecular flexibility index (Phi) is 7.57. The molecule has 2 aliphatic rings. The van der Waals surface area contributed by atoms with Crippen LogP contribution in [0.1, 0.15) is 41.6 Å². The fourth-order valence-electron chi connectivity index (χ4n) is 4.85. The smallest absolute Gasteiger partial charge is 0.253 e. The first-order valence-electron chi connectivity index (χ1n) is 11.4. The van der Waals surface area contributed by atoms with Gasteiger partial charge in [-0.05, 0) is 61.6 Å². The molecule has 1 saturated carbocycles. The van der Waals surface area contributed by atoms with Crippen molar-refractivity contribution in [3.05, 3.63) is 63.4 Å². The van der Waals surface area contributed by atoms with Crippen LogP contribution >= 0.6 is 23.2 Å². The molecule has 2 aromatic rings. The molecule has 8 heteroatoms. The molecule has 2 fully saturated rings. The van der Waals surface area contributed by atoms with Gasteiger partial charge in [0.1, 0.15) is 5.82 Å². The first kappa shape index (κ1) is 24.0. The number of rotatable bonds is 5. The van der Waals surface area contributed by atoms with E-state index in [1.54, 1.807) is 42.2 Å². The molecule has 1 heterocycles. The fraction of sp³-hybridized carbons (Fsp3) is 0.440. The lowest BCUT2D eigenvalue weighted by molar-refractivity contribution is -0.123. The number of halogens is 3. The minimum Gasteiger partial charge on any atom is -0.336 e. The van der Waals surface area contributed by atoms with Crippen LogP contribution in [0.25, 0.3) is 0 Å². The quantitative estimate of drug-likeness (QED) is 0.609. The summed E-state index contributed by atoms with van der Waals surface area (Å²) >= 11 is 12.0. The summed E-state index contributed by atoms with van der Waals surface area (Å²) in [5, 5.41) is 3.69. The molecular formula is C25H28Cl2FN3O2. The number of carbonyl (C=O) groups is 2. The van der Waals surface area contributed by atoms with E-state index in [4.69, 9.17) is 23.2 Å². The third-order valence-electron chi connectivity index (χ3n) is 6.72. The molecule has 0 spiro atoms. The van der Waals surface area contributed by atoms with Gasteiger partial charge in [-0.25, -0.2) is 4.39 Å².